The second kappa shape index (κ2) is 5.15. The Morgan fingerprint density at radius 2 is 2.05 bits per heavy atom. The highest BCUT2D eigenvalue weighted by Gasteiger charge is 2.27. The van der Waals surface area contributed by atoms with Crippen molar-refractivity contribution in [3.63, 3.8) is 0 Å². The maximum Gasteiger partial charge on any atom is 0.225 e. The number of aliphatic hydroxyl groups excluding tert-OH is 1. The highest BCUT2D eigenvalue weighted by atomic mass is 32.1. The lowest BCUT2D eigenvalue weighted by Gasteiger charge is -2.15. The number of carbonyl (C=O) groups excluding carboxylic acids is 1. The molecular weight excluding hydrogens is 258 g/mol. The fourth-order valence-electron chi connectivity index (χ4n) is 2.34. The van der Waals surface area contributed by atoms with Gasteiger partial charge in [-0.2, -0.15) is 0 Å². The second-order valence-electron chi connectivity index (χ2n) is 4.81. The Balaban J connectivity index is 1.71. The summed E-state index contributed by atoms with van der Waals surface area (Å²) in [7, 11) is 0. The molecule has 0 spiro atoms. The Morgan fingerprint density at radius 3 is 2.63 bits per heavy atom. The van der Waals surface area contributed by atoms with Crippen molar-refractivity contribution in [2.75, 3.05) is 6.54 Å². The van der Waals surface area contributed by atoms with Crippen LogP contribution in [-0.2, 0) is 11.3 Å². The quantitative estimate of drug-likeness (QED) is 0.933. The van der Waals surface area contributed by atoms with E-state index >= 15 is 0 Å². The molecule has 1 unspecified atom stereocenters. The molecule has 1 fully saturated rings. The van der Waals surface area contributed by atoms with Crippen molar-refractivity contribution in [1.82, 2.24) is 4.90 Å². The van der Waals surface area contributed by atoms with E-state index in [0.717, 1.165) is 5.56 Å². The lowest BCUT2D eigenvalue weighted by atomic mass is 10.1. The summed E-state index contributed by atoms with van der Waals surface area (Å²) in [4.78, 5) is 14.6. The molecule has 1 aromatic heterocycles. The molecule has 2 heterocycles. The molecule has 0 saturated carbocycles. The molecule has 0 bridgehead atoms. The lowest BCUT2D eigenvalue weighted by Crippen LogP contribution is -2.25. The van der Waals surface area contributed by atoms with E-state index in [9.17, 15) is 9.90 Å². The van der Waals surface area contributed by atoms with Crippen molar-refractivity contribution >= 4 is 17.2 Å². The second-order valence-corrected chi connectivity index (χ2v) is 5.75. The minimum Gasteiger partial charge on any atom is -0.391 e. The van der Waals surface area contributed by atoms with Crippen LogP contribution in [0.5, 0.6) is 0 Å². The van der Waals surface area contributed by atoms with E-state index in [1.807, 2.05) is 18.2 Å². The molecule has 1 aliphatic heterocycles. The first-order valence-electron chi connectivity index (χ1n) is 6.31. The van der Waals surface area contributed by atoms with Crippen molar-refractivity contribution in [3.05, 3.63) is 47.3 Å². The average molecular weight is 273 g/mol. The molecule has 2 aromatic rings. The smallest absolute Gasteiger partial charge is 0.225 e. The van der Waals surface area contributed by atoms with Gasteiger partial charge >= 0.3 is 0 Å². The van der Waals surface area contributed by atoms with E-state index in [1.165, 1.54) is 10.4 Å². The van der Waals surface area contributed by atoms with E-state index in [0.29, 0.717) is 13.1 Å². The van der Waals surface area contributed by atoms with Crippen molar-refractivity contribution in [2.24, 2.45) is 0 Å². The summed E-state index contributed by atoms with van der Waals surface area (Å²) in [6.07, 6.45) is -0.245. The first-order valence-corrected chi connectivity index (χ1v) is 7.19. The van der Waals surface area contributed by atoms with Gasteiger partial charge in [-0.1, -0.05) is 30.3 Å². The highest BCUT2D eigenvalue weighted by Crippen LogP contribution is 2.25. The van der Waals surface area contributed by atoms with Crippen LogP contribution < -0.4 is 0 Å². The topological polar surface area (TPSA) is 40.5 Å². The summed E-state index contributed by atoms with van der Waals surface area (Å²) in [6.45, 7) is 1.03. The van der Waals surface area contributed by atoms with Gasteiger partial charge in [-0.05, 0) is 22.6 Å². The largest absolute Gasteiger partial charge is 0.391 e. The van der Waals surface area contributed by atoms with E-state index in [4.69, 9.17) is 0 Å². The normalized spacial score (nSPS) is 19.1. The van der Waals surface area contributed by atoms with E-state index < -0.39 is 6.10 Å². The van der Waals surface area contributed by atoms with Gasteiger partial charge in [0.05, 0.1) is 12.5 Å². The monoisotopic (exact) mass is 273 g/mol. The van der Waals surface area contributed by atoms with E-state index in [2.05, 4.69) is 23.6 Å². The summed E-state index contributed by atoms with van der Waals surface area (Å²) >= 11 is 1.72. The van der Waals surface area contributed by atoms with Crippen molar-refractivity contribution in [2.45, 2.75) is 19.1 Å². The Kier molecular flexibility index (Phi) is 3.36. The molecule has 0 radical (unpaired) electrons. The lowest BCUT2D eigenvalue weighted by molar-refractivity contribution is -0.128. The van der Waals surface area contributed by atoms with E-state index in [1.54, 1.807) is 16.2 Å². The van der Waals surface area contributed by atoms with Crippen LogP contribution in [-0.4, -0.2) is 28.6 Å². The fraction of sp³-hybridized carbons (Fsp3) is 0.267. The third kappa shape index (κ3) is 2.69. The molecule has 1 saturated heterocycles. The summed E-state index contributed by atoms with van der Waals surface area (Å²) in [5.74, 6) is 0.0369. The zero-order valence-electron chi connectivity index (χ0n) is 10.5. The van der Waals surface area contributed by atoms with Gasteiger partial charge in [0, 0.05) is 18.0 Å². The molecular formula is C15H15NO2S. The van der Waals surface area contributed by atoms with Gasteiger partial charge in [-0.15, -0.1) is 11.3 Å². The molecule has 98 valence electrons. The van der Waals surface area contributed by atoms with Crippen LogP contribution in [0.1, 0.15) is 12.0 Å². The van der Waals surface area contributed by atoms with Crippen LogP contribution in [0.4, 0.5) is 0 Å². The summed E-state index contributed by atoms with van der Waals surface area (Å²) in [6, 6.07) is 12.4. The third-order valence-electron chi connectivity index (χ3n) is 3.33. The van der Waals surface area contributed by atoms with Gasteiger partial charge in [-0.3, -0.25) is 4.79 Å². The molecule has 1 atom stereocenters. The number of hydrogen-bond acceptors (Lipinski definition) is 3. The number of likely N-dealkylation sites (tertiary alicyclic amines) is 1. The van der Waals surface area contributed by atoms with Crippen molar-refractivity contribution in [3.8, 4) is 10.4 Å². The average Bonchev–Trinajstić information content (AvgIpc) is 3.01. The number of nitrogens with zero attached hydrogens (tertiary/aromatic N) is 1. The zero-order chi connectivity index (χ0) is 13.2. The minimum absolute atomic E-state index is 0.0369. The predicted octanol–water partition coefficient (Wildman–Crippen LogP) is 2.51. The fourth-order valence-corrected chi connectivity index (χ4v) is 3.07. The van der Waals surface area contributed by atoms with Crippen LogP contribution >= 0.6 is 11.3 Å². The third-order valence-corrected chi connectivity index (χ3v) is 4.25. The molecule has 1 amide bonds. The molecule has 0 aliphatic carbocycles. The molecule has 3 rings (SSSR count). The molecule has 1 aromatic carbocycles. The Morgan fingerprint density at radius 1 is 1.26 bits per heavy atom. The predicted molar refractivity (Wildman–Crippen MR) is 75.8 cm³/mol. The van der Waals surface area contributed by atoms with Gasteiger partial charge in [0.25, 0.3) is 0 Å². The number of thiophene rings is 1. The zero-order valence-corrected chi connectivity index (χ0v) is 11.3. The van der Waals surface area contributed by atoms with Gasteiger partial charge in [0.1, 0.15) is 0 Å². The maximum absolute atomic E-state index is 11.6. The minimum atomic E-state index is -0.502. The number of amides is 1. The van der Waals surface area contributed by atoms with Gasteiger partial charge in [-0.25, -0.2) is 0 Å². The number of carbonyl (C=O) groups is 1. The molecule has 3 nitrogen and oxygen atoms in total. The van der Waals surface area contributed by atoms with E-state index in [-0.39, 0.29) is 12.3 Å². The standard InChI is InChI=1S/C15H15NO2S/c17-13-8-15(18)16(10-13)9-11-3-5-12(6-4-11)14-2-1-7-19-14/h1-7,13,17H,8-10H2. The Labute approximate surface area is 116 Å². The first kappa shape index (κ1) is 12.4. The van der Waals surface area contributed by atoms with Crippen LogP contribution in [0.25, 0.3) is 10.4 Å². The number of hydrogen-bond donors (Lipinski definition) is 1. The molecule has 1 N–H and O–H groups in total. The van der Waals surface area contributed by atoms with Crippen molar-refractivity contribution in [1.29, 1.82) is 0 Å². The Hall–Kier alpha value is -1.65. The number of benzene rings is 1. The molecule has 4 heteroatoms. The number of rotatable bonds is 3. The molecule has 19 heavy (non-hydrogen) atoms. The summed E-state index contributed by atoms with van der Waals surface area (Å²) in [5, 5.41) is 11.5. The number of aliphatic hydroxyl groups is 1. The van der Waals surface area contributed by atoms with Gasteiger partial charge in [0.15, 0.2) is 0 Å². The first-order chi connectivity index (χ1) is 9.22. The van der Waals surface area contributed by atoms with Crippen LogP contribution in [0, 0.1) is 0 Å². The number of β-amino-alcohol motifs (C(OH)–C–C–N with tert-alkyl or cyclic N) is 1. The summed E-state index contributed by atoms with van der Waals surface area (Å²) in [5.41, 5.74) is 2.30. The van der Waals surface area contributed by atoms with Crippen molar-refractivity contribution < 1.29 is 9.90 Å². The highest BCUT2D eigenvalue weighted by molar-refractivity contribution is 7.13. The van der Waals surface area contributed by atoms with Crippen LogP contribution in [0.2, 0.25) is 0 Å². The molecule has 1 aliphatic rings. The van der Waals surface area contributed by atoms with Crippen LogP contribution in [0.3, 0.4) is 0 Å². The van der Waals surface area contributed by atoms with Gasteiger partial charge < -0.3 is 10.0 Å². The SMILES string of the molecule is O=C1CC(O)CN1Cc1ccc(-c2cccs2)cc1. The Bertz CT molecular complexity index is 562. The van der Waals surface area contributed by atoms with Crippen LogP contribution in [0.15, 0.2) is 41.8 Å². The van der Waals surface area contributed by atoms with Gasteiger partial charge in [0.2, 0.25) is 5.91 Å². The maximum atomic E-state index is 11.6. The summed E-state index contributed by atoms with van der Waals surface area (Å²) < 4.78 is 0.